The van der Waals surface area contributed by atoms with Crippen LogP contribution in [0.3, 0.4) is 0 Å². The standard InChI is InChI=1S/C15H12BrN3O3S/c1-23(21,22)14-5-4-11(8-17-14)18-15(20)13-6-9-2-3-10(16)7-12(9)19-13/h2-8,19H,1H3,(H,18,20). The number of pyridine rings is 1. The van der Waals surface area contributed by atoms with Crippen LogP contribution in [-0.2, 0) is 9.84 Å². The number of carbonyl (C=O) groups is 1. The average Bonchev–Trinajstić information content (AvgIpc) is 2.90. The minimum Gasteiger partial charge on any atom is -0.350 e. The van der Waals surface area contributed by atoms with E-state index in [0.717, 1.165) is 21.6 Å². The number of aromatic nitrogens is 2. The molecule has 0 unspecified atom stereocenters. The number of sulfone groups is 1. The number of nitrogens with zero attached hydrogens (tertiary/aromatic N) is 1. The second-order valence-corrected chi connectivity index (χ2v) is 7.90. The SMILES string of the molecule is CS(=O)(=O)c1ccc(NC(=O)c2cc3ccc(Br)cc3[nH]2)cn1. The van der Waals surface area contributed by atoms with Gasteiger partial charge in [0.1, 0.15) is 5.69 Å². The predicted octanol–water partition coefficient (Wildman–Crippen LogP) is 2.98. The number of fused-ring (bicyclic) bond motifs is 1. The van der Waals surface area contributed by atoms with Gasteiger partial charge in [-0.05, 0) is 30.3 Å². The van der Waals surface area contributed by atoms with E-state index in [1.165, 1.54) is 18.3 Å². The lowest BCUT2D eigenvalue weighted by atomic mass is 10.2. The lowest BCUT2D eigenvalue weighted by Gasteiger charge is -2.04. The van der Waals surface area contributed by atoms with Crippen LogP contribution in [0.4, 0.5) is 5.69 Å². The third-order valence-electron chi connectivity index (χ3n) is 3.20. The Labute approximate surface area is 141 Å². The molecule has 1 amide bonds. The molecule has 118 valence electrons. The molecule has 0 saturated carbocycles. The van der Waals surface area contributed by atoms with Crippen LogP contribution in [0, 0.1) is 0 Å². The van der Waals surface area contributed by atoms with E-state index in [4.69, 9.17) is 0 Å². The first-order valence-corrected chi connectivity index (χ1v) is 9.27. The van der Waals surface area contributed by atoms with Crippen LogP contribution in [-0.4, -0.2) is 30.5 Å². The van der Waals surface area contributed by atoms with Crippen LogP contribution in [0.5, 0.6) is 0 Å². The molecule has 0 radical (unpaired) electrons. The van der Waals surface area contributed by atoms with E-state index in [-0.39, 0.29) is 10.9 Å². The normalized spacial score (nSPS) is 11.6. The summed E-state index contributed by atoms with van der Waals surface area (Å²) in [5.41, 5.74) is 1.67. The zero-order valence-electron chi connectivity index (χ0n) is 12.0. The number of aromatic amines is 1. The lowest BCUT2D eigenvalue weighted by molar-refractivity contribution is 0.102. The van der Waals surface area contributed by atoms with Crippen molar-refractivity contribution in [2.24, 2.45) is 0 Å². The maximum Gasteiger partial charge on any atom is 0.272 e. The molecule has 3 aromatic rings. The van der Waals surface area contributed by atoms with Gasteiger partial charge in [-0.15, -0.1) is 0 Å². The molecule has 2 aromatic heterocycles. The third-order valence-corrected chi connectivity index (χ3v) is 4.70. The Hall–Kier alpha value is -2.19. The lowest BCUT2D eigenvalue weighted by Crippen LogP contribution is -2.12. The molecule has 6 nitrogen and oxygen atoms in total. The number of nitrogens with one attached hydrogen (secondary N) is 2. The van der Waals surface area contributed by atoms with Gasteiger partial charge in [0.15, 0.2) is 14.9 Å². The van der Waals surface area contributed by atoms with E-state index >= 15 is 0 Å². The number of H-pyrrole nitrogens is 1. The second kappa shape index (κ2) is 5.78. The van der Waals surface area contributed by atoms with Crippen LogP contribution < -0.4 is 5.32 Å². The molecule has 0 atom stereocenters. The van der Waals surface area contributed by atoms with Crippen molar-refractivity contribution in [1.82, 2.24) is 9.97 Å². The molecular formula is C15H12BrN3O3S. The van der Waals surface area contributed by atoms with Gasteiger partial charge >= 0.3 is 0 Å². The highest BCUT2D eigenvalue weighted by Crippen LogP contribution is 2.21. The molecule has 8 heteroatoms. The van der Waals surface area contributed by atoms with Crippen molar-refractivity contribution >= 4 is 48.3 Å². The van der Waals surface area contributed by atoms with E-state index in [1.807, 2.05) is 18.2 Å². The average molecular weight is 394 g/mol. The summed E-state index contributed by atoms with van der Waals surface area (Å²) in [4.78, 5) is 19.1. The number of anilines is 1. The van der Waals surface area contributed by atoms with Crippen molar-refractivity contribution in [2.45, 2.75) is 5.03 Å². The molecule has 2 N–H and O–H groups in total. The summed E-state index contributed by atoms with van der Waals surface area (Å²) in [5.74, 6) is -0.328. The van der Waals surface area contributed by atoms with Crippen molar-refractivity contribution in [2.75, 3.05) is 11.6 Å². The van der Waals surface area contributed by atoms with Crippen LogP contribution >= 0.6 is 15.9 Å². The first-order chi connectivity index (χ1) is 10.8. The summed E-state index contributed by atoms with van der Waals surface area (Å²) in [7, 11) is -3.36. The fourth-order valence-electron chi connectivity index (χ4n) is 2.09. The largest absolute Gasteiger partial charge is 0.350 e. The van der Waals surface area contributed by atoms with Gasteiger partial charge in [0.25, 0.3) is 5.91 Å². The van der Waals surface area contributed by atoms with E-state index in [2.05, 4.69) is 31.2 Å². The molecule has 0 aliphatic carbocycles. The monoisotopic (exact) mass is 393 g/mol. The number of amides is 1. The fraction of sp³-hybridized carbons (Fsp3) is 0.0667. The Kier molecular flexibility index (Phi) is 3.95. The van der Waals surface area contributed by atoms with E-state index in [1.54, 1.807) is 6.07 Å². The summed E-state index contributed by atoms with van der Waals surface area (Å²) < 4.78 is 23.6. The number of halogens is 1. The van der Waals surface area contributed by atoms with Gasteiger partial charge in [-0.3, -0.25) is 4.79 Å². The zero-order valence-corrected chi connectivity index (χ0v) is 14.4. The Bertz CT molecular complexity index is 994. The first-order valence-electron chi connectivity index (χ1n) is 6.59. The number of benzene rings is 1. The zero-order chi connectivity index (χ0) is 16.6. The van der Waals surface area contributed by atoms with E-state index < -0.39 is 9.84 Å². The van der Waals surface area contributed by atoms with Crippen molar-refractivity contribution in [1.29, 1.82) is 0 Å². The Morgan fingerprint density at radius 1 is 1.22 bits per heavy atom. The van der Waals surface area contributed by atoms with Crippen molar-refractivity contribution in [3.63, 3.8) is 0 Å². The van der Waals surface area contributed by atoms with Crippen LogP contribution in [0.1, 0.15) is 10.5 Å². The molecule has 0 fully saturated rings. The first kappa shape index (κ1) is 15.7. The van der Waals surface area contributed by atoms with Crippen molar-refractivity contribution in [3.05, 3.63) is 52.8 Å². The van der Waals surface area contributed by atoms with Gasteiger partial charge in [0.2, 0.25) is 0 Å². The predicted molar refractivity (Wildman–Crippen MR) is 91.3 cm³/mol. The maximum absolute atomic E-state index is 12.3. The molecule has 0 saturated heterocycles. The van der Waals surface area contributed by atoms with Crippen molar-refractivity contribution in [3.8, 4) is 0 Å². The molecule has 3 rings (SSSR count). The van der Waals surface area contributed by atoms with Crippen LogP contribution in [0.25, 0.3) is 10.9 Å². The summed E-state index contributed by atoms with van der Waals surface area (Å²) in [6.07, 6.45) is 2.39. The minimum atomic E-state index is -3.36. The minimum absolute atomic E-state index is 0.0361. The summed E-state index contributed by atoms with van der Waals surface area (Å²) in [6, 6.07) is 10.3. The van der Waals surface area contributed by atoms with Gasteiger partial charge in [-0.25, -0.2) is 13.4 Å². The van der Waals surface area contributed by atoms with Gasteiger partial charge in [-0.1, -0.05) is 22.0 Å². The molecule has 0 spiro atoms. The van der Waals surface area contributed by atoms with Gasteiger partial charge in [0, 0.05) is 21.6 Å². The second-order valence-electron chi connectivity index (χ2n) is 5.03. The van der Waals surface area contributed by atoms with E-state index in [0.29, 0.717) is 11.4 Å². The fourth-order valence-corrected chi connectivity index (χ4v) is 3.01. The van der Waals surface area contributed by atoms with Gasteiger partial charge < -0.3 is 10.3 Å². The van der Waals surface area contributed by atoms with Gasteiger partial charge in [-0.2, -0.15) is 0 Å². The smallest absolute Gasteiger partial charge is 0.272 e. The van der Waals surface area contributed by atoms with Gasteiger partial charge in [0.05, 0.1) is 11.9 Å². The maximum atomic E-state index is 12.3. The van der Waals surface area contributed by atoms with Crippen LogP contribution in [0.2, 0.25) is 0 Å². The Balaban J connectivity index is 1.82. The number of rotatable bonds is 3. The quantitative estimate of drug-likeness (QED) is 0.715. The Morgan fingerprint density at radius 2 is 2.00 bits per heavy atom. The molecule has 0 bridgehead atoms. The highest BCUT2D eigenvalue weighted by molar-refractivity contribution is 9.10. The summed E-state index contributed by atoms with van der Waals surface area (Å²) in [6.45, 7) is 0. The topological polar surface area (TPSA) is 91.9 Å². The van der Waals surface area contributed by atoms with Crippen LogP contribution in [0.15, 0.2) is 52.1 Å². The highest BCUT2D eigenvalue weighted by Gasteiger charge is 2.12. The molecule has 23 heavy (non-hydrogen) atoms. The van der Waals surface area contributed by atoms with E-state index in [9.17, 15) is 13.2 Å². The summed E-state index contributed by atoms with van der Waals surface area (Å²) >= 11 is 3.38. The molecule has 0 aliphatic heterocycles. The number of carbonyl (C=O) groups excluding carboxylic acids is 1. The highest BCUT2D eigenvalue weighted by atomic mass is 79.9. The number of hydrogen-bond acceptors (Lipinski definition) is 4. The number of hydrogen-bond donors (Lipinski definition) is 2. The third kappa shape index (κ3) is 3.43. The molecule has 2 heterocycles. The van der Waals surface area contributed by atoms with Crippen molar-refractivity contribution < 1.29 is 13.2 Å². The summed E-state index contributed by atoms with van der Waals surface area (Å²) in [5, 5.41) is 3.56. The Morgan fingerprint density at radius 3 is 2.65 bits per heavy atom. The molecule has 0 aliphatic rings. The molecule has 1 aromatic carbocycles. The molecular weight excluding hydrogens is 382 g/mol.